The molecule has 11 heavy (non-hydrogen) atoms. The van der Waals surface area contributed by atoms with E-state index >= 15 is 0 Å². The van der Waals surface area contributed by atoms with Crippen LogP contribution in [-0.4, -0.2) is 24.6 Å². The maximum absolute atomic E-state index is 5.67. The van der Waals surface area contributed by atoms with Crippen molar-refractivity contribution in [1.82, 2.24) is 0 Å². The molecule has 66 valence electrons. The standard InChI is InChI=1S/C8H18N2O/c1-5-10-7(9)8(3,4)11-6-2/h5-6H2,1-4H3,(H2,9,10). The van der Waals surface area contributed by atoms with E-state index in [9.17, 15) is 0 Å². The lowest BCUT2D eigenvalue weighted by Crippen LogP contribution is -2.41. The molecule has 0 radical (unpaired) electrons. The van der Waals surface area contributed by atoms with Crippen LogP contribution in [0, 0.1) is 0 Å². The number of ether oxygens (including phenoxy) is 1. The zero-order chi connectivity index (χ0) is 8.91. The minimum absolute atomic E-state index is 0.412. The van der Waals surface area contributed by atoms with Crippen LogP contribution >= 0.6 is 0 Å². The highest BCUT2D eigenvalue weighted by molar-refractivity contribution is 5.88. The van der Waals surface area contributed by atoms with E-state index in [2.05, 4.69) is 4.99 Å². The molecule has 0 aromatic heterocycles. The molecule has 0 saturated heterocycles. The van der Waals surface area contributed by atoms with Gasteiger partial charge in [0.15, 0.2) is 0 Å². The van der Waals surface area contributed by atoms with Crippen LogP contribution in [0.3, 0.4) is 0 Å². The summed E-state index contributed by atoms with van der Waals surface area (Å²) in [5.74, 6) is 0.571. The Hall–Kier alpha value is -0.570. The first-order valence-corrected chi connectivity index (χ1v) is 3.99. The van der Waals surface area contributed by atoms with Crippen molar-refractivity contribution in [2.75, 3.05) is 13.2 Å². The molecule has 3 heteroatoms. The molecule has 0 saturated carbocycles. The average Bonchev–Trinajstić information content (AvgIpc) is 1.88. The van der Waals surface area contributed by atoms with Crippen molar-refractivity contribution in [2.24, 2.45) is 10.7 Å². The van der Waals surface area contributed by atoms with E-state index in [1.807, 2.05) is 27.7 Å². The largest absolute Gasteiger partial charge is 0.385 e. The van der Waals surface area contributed by atoms with Crippen LogP contribution in [0.15, 0.2) is 4.99 Å². The second-order valence-corrected chi connectivity index (χ2v) is 2.80. The molecule has 3 nitrogen and oxygen atoms in total. The summed E-state index contributed by atoms with van der Waals surface area (Å²) in [5, 5.41) is 0. The van der Waals surface area contributed by atoms with Crippen molar-refractivity contribution in [3.05, 3.63) is 0 Å². The third-order valence-electron chi connectivity index (χ3n) is 1.45. The van der Waals surface area contributed by atoms with Crippen molar-refractivity contribution in [1.29, 1.82) is 0 Å². The number of rotatable bonds is 4. The Labute approximate surface area is 68.6 Å². The smallest absolute Gasteiger partial charge is 0.126 e. The fraction of sp³-hybridized carbons (Fsp3) is 0.875. The van der Waals surface area contributed by atoms with Gasteiger partial charge in [-0.15, -0.1) is 0 Å². The Morgan fingerprint density at radius 1 is 1.45 bits per heavy atom. The molecule has 0 aliphatic rings. The first-order valence-electron chi connectivity index (χ1n) is 3.99. The molecule has 0 spiro atoms. The molecule has 0 fully saturated rings. The highest BCUT2D eigenvalue weighted by atomic mass is 16.5. The Kier molecular flexibility index (Phi) is 4.11. The molecular formula is C8H18N2O. The number of aliphatic imine (C=N–C) groups is 1. The van der Waals surface area contributed by atoms with Crippen LogP contribution in [0.4, 0.5) is 0 Å². The lowest BCUT2D eigenvalue weighted by atomic mass is 10.1. The van der Waals surface area contributed by atoms with Gasteiger partial charge in [0.05, 0.1) is 0 Å². The summed E-state index contributed by atoms with van der Waals surface area (Å²) in [7, 11) is 0. The van der Waals surface area contributed by atoms with Gasteiger partial charge in [-0.2, -0.15) is 0 Å². The lowest BCUT2D eigenvalue weighted by molar-refractivity contribution is 0.0429. The molecule has 0 aliphatic heterocycles. The zero-order valence-corrected chi connectivity index (χ0v) is 7.85. The summed E-state index contributed by atoms with van der Waals surface area (Å²) >= 11 is 0. The minimum atomic E-state index is -0.412. The third kappa shape index (κ3) is 3.37. The average molecular weight is 158 g/mol. The van der Waals surface area contributed by atoms with Crippen molar-refractivity contribution in [3.8, 4) is 0 Å². The number of hydrogen-bond acceptors (Lipinski definition) is 2. The normalized spacial score (nSPS) is 13.6. The molecule has 0 atom stereocenters. The summed E-state index contributed by atoms with van der Waals surface area (Å²) in [6, 6.07) is 0. The predicted octanol–water partition coefficient (Wildman–Crippen LogP) is 1.18. The van der Waals surface area contributed by atoms with E-state index in [4.69, 9.17) is 10.5 Å². The first-order chi connectivity index (χ1) is 5.04. The first kappa shape index (κ1) is 10.4. The minimum Gasteiger partial charge on any atom is -0.385 e. The van der Waals surface area contributed by atoms with Crippen LogP contribution in [0.1, 0.15) is 27.7 Å². The van der Waals surface area contributed by atoms with Gasteiger partial charge in [0.25, 0.3) is 0 Å². The molecule has 0 aromatic rings. The molecular weight excluding hydrogens is 140 g/mol. The number of nitrogens with zero attached hydrogens (tertiary/aromatic N) is 1. The van der Waals surface area contributed by atoms with E-state index in [1.54, 1.807) is 0 Å². The van der Waals surface area contributed by atoms with E-state index in [1.165, 1.54) is 0 Å². The van der Waals surface area contributed by atoms with E-state index in [0.29, 0.717) is 19.0 Å². The van der Waals surface area contributed by atoms with Gasteiger partial charge in [-0.05, 0) is 27.7 Å². The van der Waals surface area contributed by atoms with E-state index in [0.717, 1.165) is 0 Å². The molecule has 0 rings (SSSR count). The Bertz CT molecular complexity index is 141. The number of hydrogen-bond donors (Lipinski definition) is 1. The van der Waals surface area contributed by atoms with Crippen molar-refractivity contribution >= 4 is 5.84 Å². The van der Waals surface area contributed by atoms with Gasteiger partial charge >= 0.3 is 0 Å². The zero-order valence-electron chi connectivity index (χ0n) is 7.85. The molecule has 0 aliphatic carbocycles. The highest BCUT2D eigenvalue weighted by Gasteiger charge is 2.21. The molecule has 0 heterocycles. The molecule has 0 amide bonds. The summed E-state index contributed by atoms with van der Waals surface area (Å²) < 4.78 is 5.39. The van der Waals surface area contributed by atoms with Crippen LogP contribution in [0.2, 0.25) is 0 Å². The summed E-state index contributed by atoms with van der Waals surface area (Å²) in [5.41, 5.74) is 5.26. The van der Waals surface area contributed by atoms with Crippen LogP contribution in [-0.2, 0) is 4.74 Å². The quantitative estimate of drug-likeness (QED) is 0.493. The van der Waals surface area contributed by atoms with Gasteiger partial charge < -0.3 is 10.5 Å². The van der Waals surface area contributed by atoms with E-state index < -0.39 is 5.60 Å². The topological polar surface area (TPSA) is 47.6 Å². The van der Waals surface area contributed by atoms with Crippen LogP contribution < -0.4 is 5.73 Å². The van der Waals surface area contributed by atoms with Gasteiger partial charge in [-0.25, -0.2) is 0 Å². The van der Waals surface area contributed by atoms with Crippen LogP contribution in [0.25, 0.3) is 0 Å². The third-order valence-corrected chi connectivity index (χ3v) is 1.45. The maximum atomic E-state index is 5.67. The van der Waals surface area contributed by atoms with Crippen molar-refractivity contribution in [3.63, 3.8) is 0 Å². The number of nitrogens with two attached hydrogens (primary N) is 1. The fourth-order valence-electron chi connectivity index (χ4n) is 0.796. The van der Waals surface area contributed by atoms with Gasteiger partial charge in [0.2, 0.25) is 0 Å². The highest BCUT2D eigenvalue weighted by Crippen LogP contribution is 2.08. The van der Waals surface area contributed by atoms with Gasteiger partial charge in [0.1, 0.15) is 11.4 Å². The molecule has 0 bridgehead atoms. The van der Waals surface area contributed by atoms with Gasteiger partial charge in [-0.3, -0.25) is 4.99 Å². The van der Waals surface area contributed by atoms with E-state index in [-0.39, 0.29) is 0 Å². The molecule has 0 unspecified atom stereocenters. The second-order valence-electron chi connectivity index (χ2n) is 2.80. The van der Waals surface area contributed by atoms with Gasteiger partial charge in [-0.1, -0.05) is 0 Å². The fourth-order valence-corrected chi connectivity index (χ4v) is 0.796. The lowest BCUT2D eigenvalue weighted by Gasteiger charge is -2.23. The monoisotopic (exact) mass is 158 g/mol. The maximum Gasteiger partial charge on any atom is 0.126 e. The SMILES string of the molecule is CCN=C(N)C(C)(C)OCC. The summed E-state index contributed by atoms with van der Waals surface area (Å²) in [6.45, 7) is 9.11. The number of amidine groups is 1. The Morgan fingerprint density at radius 2 is 2.00 bits per heavy atom. The summed E-state index contributed by atoms with van der Waals surface area (Å²) in [4.78, 5) is 4.08. The Morgan fingerprint density at radius 3 is 2.36 bits per heavy atom. The van der Waals surface area contributed by atoms with Crippen LogP contribution in [0.5, 0.6) is 0 Å². The van der Waals surface area contributed by atoms with Crippen molar-refractivity contribution < 1.29 is 4.74 Å². The predicted molar refractivity (Wildman–Crippen MR) is 47.9 cm³/mol. The van der Waals surface area contributed by atoms with Gasteiger partial charge in [0, 0.05) is 13.2 Å². The second kappa shape index (κ2) is 4.34. The summed E-state index contributed by atoms with van der Waals surface area (Å²) in [6.07, 6.45) is 0. The molecule has 2 N–H and O–H groups in total. The molecule has 0 aromatic carbocycles. The Balaban J connectivity index is 4.16. The van der Waals surface area contributed by atoms with Crippen molar-refractivity contribution in [2.45, 2.75) is 33.3 Å².